The number of hydrogen-bond donors (Lipinski definition) is 2. The highest BCUT2D eigenvalue weighted by molar-refractivity contribution is 5.76. The Bertz CT molecular complexity index is 362. The van der Waals surface area contributed by atoms with Gasteiger partial charge in [-0.15, -0.1) is 0 Å². The predicted octanol–water partition coefficient (Wildman–Crippen LogP) is 1.40. The minimum atomic E-state index is 0.151. The third-order valence-electron chi connectivity index (χ3n) is 2.93. The SMILES string of the molecule is CC(NCCC(=O)NC1CC1)c1cccnc1. The lowest BCUT2D eigenvalue weighted by Crippen LogP contribution is -2.30. The van der Waals surface area contributed by atoms with E-state index in [1.54, 1.807) is 6.20 Å². The second kappa shape index (κ2) is 5.77. The maximum atomic E-state index is 11.4. The van der Waals surface area contributed by atoms with Crippen LogP contribution in [0.4, 0.5) is 0 Å². The normalized spacial score (nSPS) is 16.5. The van der Waals surface area contributed by atoms with E-state index in [1.165, 1.54) is 0 Å². The lowest BCUT2D eigenvalue weighted by Gasteiger charge is -2.13. The first-order valence-corrected chi connectivity index (χ1v) is 6.18. The highest BCUT2D eigenvalue weighted by Gasteiger charge is 2.22. The van der Waals surface area contributed by atoms with Gasteiger partial charge in [0.05, 0.1) is 0 Å². The number of hydrogen-bond acceptors (Lipinski definition) is 3. The van der Waals surface area contributed by atoms with Crippen LogP contribution < -0.4 is 10.6 Å². The Morgan fingerprint density at radius 1 is 1.59 bits per heavy atom. The number of carbonyl (C=O) groups excluding carboxylic acids is 1. The Kier molecular flexibility index (Phi) is 4.09. The van der Waals surface area contributed by atoms with Crippen molar-refractivity contribution in [3.63, 3.8) is 0 Å². The molecule has 1 saturated carbocycles. The maximum Gasteiger partial charge on any atom is 0.221 e. The molecule has 92 valence electrons. The summed E-state index contributed by atoms with van der Waals surface area (Å²) in [5, 5.41) is 6.30. The molecule has 1 atom stereocenters. The van der Waals surface area contributed by atoms with Crippen molar-refractivity contribution >= 4 is 5.91 Å². The van der Waals surface area contributed by atoms with Crippen LogP contribution in [0, 0.1) is 0 Å². The number of aromatic nitrogens is 1. The van der Waals surface area contributed by atoms with Crippen LogP contribution >= 0.6 is 0 Å². The molecule has 1 aromatic rings. The van der Waals surface area contributed by atoms with Crippen molar-refractivity contribution in [2.45, 2.75) is 38.3 Å². The standard InChI is InChI=1S/C13H19N3O/c1-10(11-3-2-7-14-9-11)15-8-6-13(17)16-12-4-5-12/h2-3,7,9-10,12,15H,4-6,8H2,1H3,(H,16,17). The molecule has 1 amide bonds. The number of pyridine rings is 1. The van der Waals surface area contributed by atoms with Crippen LogP contribution in [0.3, 0.4) is 0 Å². The van der Waals surface area contributed by atoms with Crippen molar-refractivity contribution in [2.75, 3.05) is 6.54 Å². The molecule has 0 spiro atoms. The summed E-state index contributed by atoms with van der Waals surface area (Å²) in [6.07, 6.45) is 6.44. The zero-order chi connectivity index (χ0) is 12.1. The average Bonchev–Trinajstić information content (AvgIpc) is 3.14. The van der Waals surface area contributed by atoms with Crippen molar-refractivity contribution in [3.8, 4) is 0 Å². The Morgan fingerprint density at radius 3 is 3.06 bits per heavy atom. The Balaban J connectivity index is 1.65. The van der Waals surface area contributed by atoms with Gasteiger partial charge in [-0.3, -0.25) is 9.78 Å². The zero-order valence-corrected chi connectivity index (χ0v) is 10.1. The molecule has 4 heteroatoms. The first-order chi connectivity index (χ1) is 8.25. The fourth-order valence-corrected chi connectivity index (χ4v) is 1.68. The van der Waals surface area contributed by atoms with Gasteiger partial charge in [0.25, 0.3) is 0 Å². The number of rotatable bonds is 6. The van der Waals surface area contributed by atoms with Crippen LogP contribution in [-0.2, 0) is 4.79 Å². The quantitative estimate of drug-likeness (QED) is 0.781. The Labute approximate surface area is 102 Å². The number of nitrogens with one attached hydrogen (secondary N) is 2. The average molecular weight is 233 g/mol. The maximum absolute atomic E-state index is 11.4. The molecule has 1 aliphatic rings. The molecule has 0 aliphatic heterocycles. The van der Waals surface area contributed by atoms with Gasteiger partial charge in [0.1, 0.15) is 0 Å². The summed E-state index contributed by atoms with van der Waals surface area (Å²) in [6, 6.07) is 4.65. The van der Waals surface area contributed by atoms with Gasteiger partial charge >= 0.3 is 0 Å². The van der Waals surface area contributed by atoms with Crippen molar-refractivity contribution < 1.29 is 4.79 Å². The molecule has 4 nitrogen and oxygen atoms in total. The highest BCUT2D eigenvalue weighted by Crippen LogP contribution is 2.18. The summed E-state index contributed by atoms with van der Waals surface area (Å²) in [7, 11) is 0. The topological polar surface area (TPSA) is 54.0 Å². The van der Waals surface area contributed by atoms with Gasteiger partial charge in [0.2, 0.25) is 5.91 Å². The van der Waals surface area contributed by atoms with Crippen LogP contribution in [0.15, 0.2) is 24.5 Å². The molecule has 1 aromatic heterocycles. The van der Waals surface area contributed by atoms with Gasteiger partial charge in [-0.25, -0.2) is 0 Å². The van der Waals surface area contributed by atoms with Gasteiger partial charge < -0.3 is 10.6 Å². The monoisotopic (exact) mass is 233 g/mol. The smallest absolute Gasteiger partial charge is 0.221 e. The second-order valence-corrected chi connectivity index (χ2v) is 4.55. The van der Waals surface area contributed by atoms with E-state index in [9.17, 15) is 4.79 Å². The molecule has 0 radical (unpaired) electrons. The first-order valence-electron chi connectivity index (χ1n) is 6.18. The minimum Gasteiger partial charge on any atom is -0.353 e. The van der Waals surface area contributed by atoms with E-state index in [0.717, 1.165) is 18.4 Å². The fraction of sp³-hybridized carbons (Fsp3) is 0.538. The lowest BCUT2D eigenvalue weighted by atomic mass is 10.1. The van der Waals surface area contributed by atoms with Crippen molar-refractivity contribution in [2.24, 2.45) is 0 Å². The molecule has 0 saturated heterocycles. The molecule has 1 unspecified atom stereocenters. The molecule has 1 fully saturated rings. The van der Waals surface area contributed by atoms with E-state index in [2.05, 4.69) is 22.5 Å². The Hall–Kier alpha value is -1.42. The van der Waals surface area contributed by atoms with Crippen LogP contribution in [0.25, 0.3) is 0 Å². The van der Waals surface area contributed by atoms with Gasteiger partial charge in [0, 0.05) is 37.4 Å². The largest absolute Gasteiger partial charge is 0.353 e. The van der Waals surface area contributed by atoms with Crippen LogP contribution in [-0.4, -0.2) is 23.5 Å². The van der Waals surface area contributed by atoms with Gasteiger partial charge in [0.15, 0.2) is 0 Å². The van der Waals surface area contributed by atoms with Crippen molar-refractivity contribution in [1.29, 1.82) is 0 Å². The van der Waals surface area contributed by atoms with E-state index in [0.29, 0.717) is 19.0 Å². The first kappa shape index (κ1) is 12.0. The molecule has 17 heavy (non-hydrogen) atoms. The summed E-state index contributed by atoms with van der Waals surface area (Å²) in [5.41, 5.74) is 1.15. The van der Waals surface area contributed by atoms with Gasteiger partial charge in [-0.2, -0.15) is 0 Å². The van der Waals surface area contributed by atoms with E-state index < -0.39 is 0 Å². The summed E-state index contributed by atoms with van der Waals surface area (Å²) in [4.78, 5) is 15.5. The van der Waals surface area contributed by atoms with E-state index in [-0.39, 0.29) is 11.9 Å². The summed E-state index contributed by atoms with van der Waals surface area (Å²) >= 11 is 0. The fourth-order valence-electron chi connectivity index (χ4n) is 1.68. The van der Waals surface area contributed by atoms with Gasteiger partial charge in [-0.05, 0) is 31.4 Å². The number of amides is 1. The highest BCUT2D eigenvalue weighted by atomic mass is 16.1. The molecular weight excluding hydrogens is 214 g/mol. The molecule has 2 rings (SSSR count). The van der Waals surface area contributed by atoms with Crippen molar-refractivity contribution in [1.82, 2.24) is 15.6 Å². The summed E-state index contributed by atoms with van der Waals surface area (Å²) < 4.78 is 0. The van der Waals surface area contributed by atoms with Crippen LogP contribution in [0.1, 0.15) is 37.8 Å². The summed E-state index contributed by atoms with van der Waals surface area (Å²) in [5.74, 6) is 0.151. The predicted molar refractivity (Wildman–Crippen MR) is 66.4 cm³/mol. The molecular formula is C13H19N3O. The van der Waals surface area contributed by atoms with Crippen molar-refractivity contribution in [3.05, 3.63) is 30.1 Å². The molecule has 1 aliphatic carbocycles. The van der Waals surface area contributed by atoms with Crippen LogP contribution in [0.2, 0.25) is 0 Å². The second-order valence-electron chi connectivity index (χ2n) is 4.55. The van der Waals surface area contributed by atoms with Gasteiger partial charge in [-0.1, -0.05) is 6.07 Å². The third-order valence-corrected chi connectivity index (χ3v) is 2.93. The molecule has 1 heterocycles. The van der Waals surface area contributed by atoms with E-state index in [1.807, 2.05) is 18.3 Å². The van der Waals surface area contributed by atoms with E-state index >= 15 is 0 Å². The number of nitrogens with zero attached hydrogens (tertiary/aromatic N) is 1. The Morgan fingerprint density at radius 2 is 2.41 bits per heavy atom. The molecule has 0 bridgehead atoms. The van der Waals surface area contributed by atoms with Crippen LogP contribution in [0.5, 0.6) is 0 Å². The lowest BCUT2D eigenvalue weighted by molar-refractivity contribution is -0.121. The zero-order valence-electron chi connectivity index (χ0n) is 10.1. The summed E-state index contributed by atoms with van der Waals surface area (Å²) in [6.45, 7) is 2.78. The third kappa shape index (κ3) is 4.15. The van der Waals surface area contributed by atoms with E-state index in [4.69, 9.17) is 0 Å². The number of carbonyl (C=O) groups is 1. The molecule has 2 N–H and O–H groups in total. The minimum absolute atomic E-state index is 0.151. The molecule has 0 aromatic carbocycles.